The normalized spacial score (nSPS) is 10.7. The first-order valence-corrected chi connectivity index (χ1v) is 8.40. The summed E-state index contributed by atoms with van der Waals surface area (Å²) in [4.78, 5) is 0. The molecule has 0 fully saturated rings. The SMILES string of the molecule is Brc1ccc(COc2ccc(/C=N\Nc3ccccc3)cc2)cc1. The minimum atomic E-state index is 0.552. The van der Waals surface area contributed by atoms with E-state index < -0.39 is 0 Å². The first kappa shape index (κ1) is 16.3. The zero-order valence-electron chi connectivity index (χ0n) is 13.0. The standard InChI is InChI=1S/C20H17BrN2O/c21-18-10-6-17(7-11-18)15-24-20-12-8-16(9-13-20)14-22-23-19-4-2-1-3-5-19/h1-14,23H,15H2/b22-14-. The van der Waals surface area contributed by atoms with Crippen molar-refractivity contribution in [2.45, 2.75) is 6.61 Å². The lowest BCUT2D eigenvalue weighted by molar-refractivity contribution is 0.306. The third-order valence-electron chi connectivity index (χ3n) is 3.38. The molecule has 3 aromatic rings. The fourth-order valence-corrected chi connectivity index (χ4v) is 2.36. The molecule has 0 unspecified atom stereocenters. The molecule has 0 aliphatic heterocycles. The quantitative estimate of drug-likeness (QED) is 0.454. The predicted octanol–water partition coefficient (Wildman–Crippen LogP) is 5.47. The van der Waals surface area contributed by atoms with Crippen molar-refractivity contribution in [1.29, 1.82) is 0 Å². The van der Waals surface area contributed by atoms with Crippen LogP contribution in [0.3, 0.4) is 0 Å². The minimum absolute atomic E-state index is 0.552. The maximum Gasteiger partial charge on any atom is 0.119 e. The molecule has 0 bridgehead atoms. The molecule has 0 heterocycles. The Morgan fingerprint density at radius 1 is 0.875 bits per heavy atom. The second-order valence-corrected chi connectivity index (χ2v) is 6.14. The number of benzene rings is 3. The van der Waals surface area contributed by atoms with Gasteiger partial charge >= 0.3 is 0 Å². The summed E-state index contributed by atoms with van der Waals surface area (Å²) in [5.41, 5.74) is 6.10. The van der Waals surface area contributed by atoms with E-state index in [0.29, 0.717) is 6.61 Å². The van der Waals surface area contributed by atoms with Crippen molar-refractivity contribution >= 4 is 27.8 Å². The lowest BCUT2D eigenvalue weighted by Gasteiger charge is -2.06. The highest BCUT2D eigenvalue weighted by atomic mass is 79.9. The molecular formula is C20H17BrN2O. The molecule has 3 aromatic carbocycles. The van der Waals surface area contributed by atoms with Crippen LogP contribution in [0.2, 0.25) is 0 Å². The zero-order valence-corrected chi connectivity index (χ0v) is 14.6. The number of para-hydroxylation sites is 1. The first-order chi connectivity index (χ1) is 11.8. The molecule has 0 aliphatic carbocycles. The van der Waals surface area contributed by atoms with Crippen LogP contribution in [0.4, 0.5) is 5.69 Å². The number of nitrogens with one attached hydrogen (secondary N) is 1. The van der Waals surface area contributed by atoms with Crippen LogP contribution in [0, 0.1) is 0 Å². The summed E-state index contributed by atoms with van der Waals surface area (Å²) in [6.07, 6.45) is 1.78. The zero-order chi connectivity index (χ0) is 16.6. The second-order valence-electron chi connectivity index (χ2n) is 5.22. The van der Waals surface area contributed by atoms with Crippen molar-refractivity contribution in [3.63, 3.8) is 0 Å². The van der Waals surface area contributed by atoms with Crippen LogP contribution in [-0.2, 0) is 6.61 Å². The molecule has 0 saturated heterocycles. The molecule has 0 radical (unpaired) electrons. The van der Waals surface area contributed by atoms with Gasteiger partial charge in [0.2, 0.25) is 0 Å². The van der Waals surface area contributed by atoms with Gasteiger partial charge in [-0.05, 0) is 59.7 Å². The Hall–Kier alpha value is -2.59. The van der Waals surface area contributed by atoms with Crippen molar-refractivity contribution in [3.8, 4) is 5.75 Å². The average Bonchev–Trinajstić information content (AvgIpc) is 2.63. The molecule has 1 N–H and O–H groups in total. The van der Waals surface area contributed by atoms with E-state index in [-0.39, 0.29) is 0 Å². The number of hydrogen-bond donors (Lipinski definition) is 1. The molecule has 120 valence electrons. The van der Waals surface area contributed by atoms with Gasteiger partial charge in [-0.15, -0.1) is 0 Å². The van der Waals surface area contributed by atoms with E-state index in [0.717, 1.165) is 27.0 Å². The van der Waals surface area contributed by atoms with Crippen LogP contribution in [-0.4, -0.2) is 6.21 Å². The molecule has 4 heteroatoms. The minimum Gasteiger partial charge on any atom is -0.489 e. The van der Waals surface area contributed by atoms with Gasteiger partial charge in [0.25, 0.3) is 0 Å². The summed E-state index contributed by atoms with van der Waals surface area (Å²) in [6.45, 7) is 0.552. The number of ether oxygens (including phenoxy) is 1. The number of hydrogen-bond acceptors (Lipinski definition) is 3. The van der Waals surface area contributed by atoms with E-state index in [4.69, 9.17) is 4.74 Å². The van der Waals surface area contributed by atoms with Gasteiger partial charge < -0.3 is 4.74 Å². The third kappa shape index (κ3) is 4.96. The second kappa shape index (κ2) is 8.31. The van der Waals surface area contributed by atoms with E-state index >= 15 is 0 Å². The smallest absolute Gasteiger partial charge is 0.119 e. The van der Waals surface area contributed by atoms with Gasteiger partial charge in [0.05, 0.1) is 11.9 Å². The van der Waals surface area contributed by atoms with Crippen molar-refractivity contribution < 1.29 is 4.74 Å². The monoisotopic (exact) mass is 380 g/mol. The van der Waals surface area contributed by atoms with Gasteiger partial charge in [-0.25, -0.2) is 0 Å². The van der Waals surface area contributed by atoms with Crippen LogP contribution in [0.1, 0.15) is 11.1 Å². The summed E-state index contributed by atoms with van der Waals surface area (Å²) in [6, 6.07) is 25.8. The summed E-state index contributed by atoms with van der Waals surface area (Å²) < 4.78 is 6.85. The average molecular weight is 381 g/mol. The number of anilines is 1. The van der Waals surface area contributed by atoms with Crippen molar-refractivity contribution in [2.24, 2.45) is 5.10 Å². The highest BCUT2D eigenvalue weighted by Crippen LogP contribution is 2.15. The molecule has 3 nitrogen and oxygen atoms in total. The lowest BCUT2D eigenvalue weighted by Crippen LogP contribution is -1.95. The summed E-state index contributed by atoms with van der Waals surface area (Å²) in [7, 11) is 0. The Labute approximate surface area is 150 Å². The van der Waals surface area contributed by atoms with Crippen molar-refractivity contribution in [2.75, 3.05) is 5.43 Å². The summed E-state index contributed by atoms with van der Waals surface area (Å²) in [5.74, 6) is 0.839. The number of halogens is 1. The number of nitrogens with zero attached hydrogens (tertiary/aromatic N) is 1. The molecule has 0 aromatic heterocycles. The topological polar surface area (TPSA) is 33.6 Å². The van der Waals surface area contributed by atoms with E-state index in [1.54, 1.807) is 6.21 Å². The molecule has 0 aliphatic rings. The largest absolute Gasteiger partial charge is 0.489 e. The van der Waals surface area contributed by atoms with Crippen molar-refractivity contribution in [3.05, 3.63) is 94.5 Å². The van der Waals surface area contributed by atoms with E-state index in [2.05, 4.69) is 26.5 Å². The highest BCUT2D eigenvalue weighted by molar-refractivity contribution is 9.10. The molecule has 3 rings (SSSR count). The molecule has 0 saturated carbocycles. The predicted molar refractivity (Wildman–Crippen MR) is 103 cm³/mol. The Morgan fingerprint density at radius 2 is 1.58 bits per heavy atom. The number of rotatable bonds is 6. The maximum absolute atomic E-state index is 5.79. The van der Waals surface area contributed by atoms with Gasteiger partial charge in [-0.1, -0.05) is 46.3 Å². The molecular weight excluding hydrogens is 364 g/mol. The van der Waals surface area contributed by atoms with Gasteiger partial charge in [0.1, 0.15) is 12.4 Å². The fraction of sp³-hybridized carbons (Fsp3) is 0.0500. The van der Waals surface area contributed by atoms with Crippen LogP contribution in [0.25, 0.3) is 0 Å². The summed E-state index contributed by atoms with van der Waals surface area (Å²) >= 11 is 3.43. The molecule has 24 heavy (non-hydrogen) atoms. The molecule has 0 spiro atoms. The van der Waals surface area contributed by atoms with Crippen molar-refractivity contribution in [1.82, 2.24) is 0 Å². The van der Waals surface area contributed by atoms with E-state index in [1.165, 1.54) is 0 Å². The van der Waals surface area contributed by atoms with Gasteiger partial charge in [0.15, 0.2) is 0 Å². The Morgan fingerprint density at radius 3 is 2.29 bits per heavy atom. The van der Waals surface area contributed by atoms with Gasteiger partial charge in [0, 0.05) is 4.47 Å². The fourth-order valence-electron chi connectivity index (χ4n) is 2.09. The lowest BCUT2D eigenvalue weighted by atomic mass is 10.2. The van der Waals surface area contributed by atoms with Crippen LogP contribution in [0.15, 0.2) is 88.4 Å². The highest BCUT2D eigenvalue weighted by Gasteiger charge is 1.97. The van der Waals surface area contributed by atoms with Gasteiger partial charge in [-0.2, -0.15) is 5.10 Å². The van der Waals surface area contributed by atoms with E-state index in [1.807, 2.05) is 78.9 Å². The van der Waals surface area contributed by atoms with Crippen LogP contribution < -0.4 is 10.2 Å². The Bertz CT molecular complexity index is 784. The van der Waals surface area contributed by atoms with E-state index in [9.17, 15) is 0 Å². The number of hydrazone groups is 1. The maximum atomic E-state index is 5.79. The van der Waals surface area contributed by atoms with Crippen LogP contribution in [0.5, 0.6) is 5.75 Å². The molecule has 0 atom stereocenters. The first-order valence-electron chi connectivity index (χ1n) is 7.61. The molecule has 0 amide bonds. The van der Waals surface area contributed by atoms with Crippen LogP contribution >= 0.6 is 15.9 Å². The third-order valence-corrected chi connectivity index (χ3v) is 3.91. The Balaban J connectivity index is 1.52. The Kier molecular flexibility index (Phi) is 5.64. The van der Waals surface area contributed by atoms with Gasteiger partial charge in [-0.3, -0.25) is 5.43 Å². The summed E-state index contributed by atoms with van der Waals surface area (Å²) in [5, 5.41) is 4.22.